The van der Waals surface area contributed by atoms with Gasteiger partial charge in [0.15, 0.2) is 11.8 Å². The molecule has 3 aromatic carbocycles. The lowest BCUT2D eigenvalue weighted by atomic mass is 10.2. The van der Waals surface area contributed by atoms with Crippen molar-refractivity contribution in [2.75, 3.05) is 6.61 Å². The van der Waals surface area contributed by atoms with Gasteiger partial charge < -0.3 is 9.84 Å². The summed E-state index contributed by atoms with van der Waals surface area (Å²) < 4.78 is 7.26. The minimum Gasteiger partial charge on any atom is -0.482 e. The fourth-order valence-electron chi connectivity index (χ4n) is 2.94. The van der Waals surface area contributed by atoms with Crippen LogP contribution in [0.4, 0.5) is 0 Å². The standard InChI is InChI=1S/C22H16Cl2N2O3S/c23-15-3-1-14(2-4-15)13-30-22-25-19-10-5-16(24)11-20(19)26(22)17-6-8-18(9-7-17)29-12-21(27)28/h1-11H,12-13H2,(H,27,28). The van der Waals surface area contributed by atoms with E-state index in [0.717, 1.165) is 33.2 Å². The summed E-state index contributed by atoms with van der Waals surface area (Å²) in [5.41, 5.74) is 3.74. The lowest BCUT2D eigenvalue weighted by Gasteiger charge is -2.11. The zero-order valence-electron chi connectivity index (χ0n) is 15.6. The first-order chi connectivity index (χ1) is 14.5. The van der Waals surface area contributed by atoms with Crippen LogP contribution >= 0.6 is 35.0 Å². The summed E-state index contributed by atoms with van der Waals surface area (Å²) in [6.45, 7) is -0.384. The molecule has 0 bridgehead atoms. The van der Waals surface area contributed by atoms with Gasteiger partial charge in [0, 0.05) is 21.5 Å². The number of carbonyl (C=O) groups is 1. The van der Waals surface area contributed by atoms with Gasteiger partial charge in [0.2, 0.25) is 0 Å². The molecule has 0 fully saturated rings. The van der Waals surface area contributed by atoms with Crippen LogP contribution in [0.25, 0.3) is 16.7 Å². The summed E-state index contributed by atoms with van der Waals surface area (Å²) in [5.74, 6) is 0.197. The maximum atomic E-state index is 10.7. The van der Waals surface area contributed by atoms with Crippen molar-refractivity contribution in [3.63, 3.8) is 0 Å². The number of imidazole rings is 1. The topological polar surface area (TPSA) is 64.3 Å². The van der Waals surface area contributed by atoms with Crippen LogP contribution in [0, 0.1) is 0 Å². The van der Waals surface area contributed by atoms with Gasteiger partial charge >= 0.3 is 5.97 Å². The number of nitrogens with zero attached hydrogens (tertiary/aromatic N) is 2. The molecule has 1 N–H and O–H groups in total. The summed E-state index contributed by atoms with van der Waals surface area (Å²) in [4.78, 5) is 15.5. The molecule has 4 aromatic rings. The van der Waals surface area contributed by atoms with Gasteiger partial charge in [0.1, 0.15) is 5.75 Å². The van der Waals surface area contributed by atoms with Crippen molar-refractivity contribution in [3.05, 3.63) is 82.3 Å². The third-order valence-electron chi connectivity index (χ3n) is 4.32. The Morgan fingerprint density at radius 1 is 1.00 bits per heavy atom. The van der Waals surface area contributed by atoms with Gasteiger partial charge in [-0.25, -0.2) is 9.78 Å². The fraction of sp³-hybridized carbons (Fsp3) is 0.0909. The van der Waals surface area contributed by atoms with E-state index in [9.17, 15) is 4.79 Å². The number of benzene rings is 3. The summed E-state index contributed by atoms with van der Waals surface area (Å²) >= 11 is 13.8. The fourth-order valence-corrected chi connectivity index (χ4v) is 4.21. The van der Waals surface area contributed by atoms with Crippen molar-refractivity contribution in [1.29, 1.82) is 0 Å². The molecule has 4 rings (SSSR count). The third kappa shape index (κ3) is 4.73. The van der Waals surface area contributed by atoms with Crippen molar-refractivity contribution in [1.82, 2.24) is 9.55 Å². The van der Waals surface area contributed by atoms with Crippen molar-refractivity contribution in [2.45, 2.75) is 10.9 Å². The number of rotatable bonds is 7. The highest BCUT2D eigenvalue weighted by Crippen LogP contribution is 2.32. The van der Waals surface area contributed by atoms with E-state index in [0.29, 0.717) is 15.8 Å². The molecule has 0 aliphatic carbocycles. The predicted molar refractivity (Wildman–Crippen MR) is 120 cm³/mol. The summed E-state index contributed by atoms with van der Waals surface area (Å²) in [6, 6.07) is 20.5. The van der Waals surface area contributed by atoms with E-state index < -0.39 is 5.97 Å². The zero-order chi connectivity index (χ0) is 21.1. The number of ether oxygens (including phenoxy) is 1. The molecule has 1 heterocycles. The minimum absolute atomic E-state index is 0.384. The number of aromatic nitrogens is 2. The maximum absolute atomic E-state index is 10.7. The van der Waals surface area contributed by atoms with E-state index in [1.54, 1.807) is 23.9 Å². The number of fused-ring (bicyclic) bond motifs is 1. The molecule has 0 saturated carbocycles. The Labute approximate surface area is 187 Å². The Balaban J connectivity index is 1.67. The van der Waals surface area contributed by atoms with Gasteiger partial charge in [-0.15, -0.1) is 0 Å². The number of aliphatic carboxylic acids is 1. The van der Waals surface area contributed by atoms with Crippen LogP contribution in [0.5, 0.6) is 5.75 Å². The molecule has 0 amide bonds. The molecule has 0 spiro atoms. The van der Waals surface area contributed by atoms with Crippen molar-refractivity contribution >= 4 is 52.0 Å². The molecular formula is C22H16Cl2N2O3S. The Morgan fingerprint density at radius 2 is 1.70 bits per heavy atom. The first-order valence-corrected chi connectivity index (χ1v) is 10.7. The molecule has 0 radical (unpaired) electrons. The van der Waals surface area contributed by atoms with Gasteiger partial charge in [-0.1, -0.05) is 47.1 Å². The van der Waals surface area contributed by atoms with Crippen LogP contribution < -0.4 is 4.74 Å². The Morgan fingerprint density at radius 3 is 2.40 bits per heavy atom. The van der Waals surface area contributed by atoms with Crippen LogP contribution in [0.3, 0.4) is 0 Å². The molecule has 0 aliphatic heterocycles. The van der Waals surface area contributed by atoms with Crippen LogP contribution in [-0.2, 0) is 10.5 Å². The molecule has 152 valence electrons. The van der Waals surface area contributed by atoms with Crippen LogP contribution in [0.15, 0.2) is 71.9 Å². The first kappa shape index (κ1) is 20.6. The average Bonchev–Trinajstić information content (AvgIpc) is 3.09. The summed E-state index contributed by atoms with van der Waals surface area (Å²) in [7, 11) is 0. The highest BCUT2D eigenvalue weighted by molar-refractivity contribution is 7.98. The zero-order valence-corrected chi connectivity index (χ0v) is 17.9. The Kier molecular flexibility index (Phi) is 6.18. The summed E-state index contributed by atoms with van der Waals surface area (Å²) in [5, 5.41) is 10.9. The van der Waals surface area contributed by atoms with Crippen LogP contribution in [0.2, 0.25) is 10.0 Å². The number of hydrogen-bond acceptors (Lipinski definition) is 4. The minimum atomic E-state index is -1.02. The molecule has 8 heteroatoms. The number of carboxylic acids is 1. The van der Waals surface area contributed by atoms with Gasteiger partial charge in [-0.05, 0) is 60.2 Å². The van der Waals surface area contributed by atoms with Crippen LogP contribution in [0.1, 0.15) is 5.56 Å². The molecule has 0 unspecified atom stereocenters. The number of hydrogen-bond donors (Lipinski definition) is 1. The molecule has 0 atom stereocenters. The lowest BCUT2D eigenvalue weighted by molar-refractivity contribution is -0.139. The largest absolute Gasteiger partial charge is 0.482 e. The van der Waals surface area contributed by atoms with E-state index in [2.05, 4.69) is 0 Å². The third-order valence-corrected chi connectivity index (χ3v) is 5.82. The molecular weight excluding hydrogens is 443 g/mol. The lowest BCUT2D eigenvalue weighted by Crippen LogP contribution is -2.09. The van der Waals surface area contributed by atoms with E-state index in [-0.39, 0.29) is 6.61 Å². The predicted octanol–water partition coefficient (Wildman–Crippen LogP) is 6.09. The number of halogens is 2. The molecule has 0 aliphatic rings. The highest BCUT2D eigenvalue weighted by atomic mass is 35.5. The second kappa shape index (κ2) is 9.00. The second-order valence-electron chi connectivity index (χ2n) is 6.45. The normalized spacial score (nSPS) is 11.0. The summed E-state index contributed by atoms with van der Waals surface area (Å²) in [6.07, 6.45) is 0. The molecule has 5 nitrogen and oxygen atoms in total. The molecule has 30 heavy (non-hydrogen) atoms. The van der Waals surface area contributed by atoms with Gasteiger partial charge in [0.05, 0.1) is 11.0 Å². The monoisotopic (exact) mass is 458 g/mol. The smallest absolute Gasteiger partial charge is 0.341 e. The van der Waals surface area contributed by atoms with Gasteiger partial charge in [-0.3, -0.25) is 4.57 Å². The van der Waals surface area contributed by atoms with Gasteiger partial charge in [0.25, 0.3) is 0 Å². The first-order valence-electron chi connectivity index (χ1n) is 9.00. The quantitative estimate of drug-likeness (QED) is 0.339. The van der Waals surface area contributed by atoms with E-state index in [1.165, 1.54) is 0 Å². The van der Waals surface area contributed by atoms with E-state index >= 15 is 0 Å². The van der Waals surface area contributed by atoms with Crippen molar-refractivity contribution in [2.24, 2.45) is 0 Å². The second-order valence-corrected chi connectivity index (χ2v) is 8.27. The molecule has 1 aromatic heterocycles. The SMILES string of the molecule is O=C(O)COc1ccc(-n2c(SCc3ccc(Cl)cc3)nc3ccc(Cl)cc32)cc1. The average molecular weight is 459 g/mol. The number of thioether (sulfide) groups is 1. The van der Waals surface area contributed by atoms with Crippen molar-refractivity contribution < 1.29 is 14.6 Å². The van der Waals surface area contributed by atoms with Gasteiger partial charge in [-0.2, -0.15) is 0 Å². The van der Waals surface area contributed by atoms with E-state index in [1.807, 2.05) is 59.2 Å². The van der Waals surface area contributed by atoms with Crippen molar-refractivity contribution in [3.8, 4) is 11.4 Å². The van der Waals surface area contributed by atoms with Crippen LogP contribution in [-0.4, -0.2) is 27.2 Å². The Hall–Kier alpha value is -2.67. The maximum Gasteiger partial charge on any atom is 0.341 e. The molecule has 0 saturated heterocycles. The number of carboxylic acid groups (broad SMARTS) is 1. The Bertz CT molecular complexity index is 1190. The van der Waals surface area contributed by atoms with E-state index in [4.69, 9.17) is 38.0 Å². The highest BCUT2D eigenvalue weighted by Gasteiger charge is 2.14.